The van der Waals surface area contributed by atoms with E-state index in [1.807, 2.05) is 0 Å². The summed E-state index contributed by atoms with van der Waals surface area (Å²) in [7, 11) is 0. The van der Waals surface area contributed by atoms with E-state index in [1.54, 1.807) is 0 Å². The maximum Gasteiger partial charge on any atom is 0.0596 e. The van der Waals surface area contributed by atoms with Crippen LogP contribution >= 0.6 is 0 Å². The summed E-state index contributed by atoms with van der Waals surface area (Å²) < 4.78 is 0. The molecule has 3 atom stereocenters. The van der Waals surface area contributed by atoms with Crippen molar-refractivity contribution >= 4 is 0 Å². The number of aliphatic hydroxyl groups is 1. The molecule has 2 aliphatic carbocycles. The summed E-state index contributed by atoms with van der Waals surface area (Å²) in [6, 6.07) is 0. The fourth-order valence-electron chi connectivity index (χ4n) is 2.67. The van der Waals surface area contributed by atoms with Crippen LogP contribution in [0.4, 0.5) is 0 Å². The minimum Gasteiger partial charge on any atom is -0.393 e. The van der Waals surface area contributed by atoms with Crippen LogP contribution in [-0.4, -0.2) is 11.2 Å². The molecular formula is C9H16O. The molecule has 0 aromatic rings. The Bertz CT molecular complexity index is 151. The van der Waals surface area contributed by atoms with E-state index in [4.69, 9.17) is 0 Å². The summed E-state index contributed by atoms with van der Waals surface area (Å²) in [6.45, 7) is 4.42. The lowest BCUT2D eigenvalue weighted by Gasteiger charge is -2.39. The fraction of sp³-hybridized carbons (Fsp3) is 1.00. The van der Waals surface area contributed by atoms with Crippen LogP contribution in [0, 0.1) is 17.3 Å². The monoisotopic (exact) mass is 140 g/mol. The number of rotatable bonds is 0. The van der Waals surface area contributed by atoms with Crippen molar-refractivity contribution in [2.24, 2.45) is 17.3 Å². The number of aliphatic hydroxyl groups excluding tert-OH is 1. The summed E-state index contributed by atoms with van der Waals surface area (Å²) in [4.78, 5) is 0. The average molecular weight is 140 g/mol. The Labute approximate surface area is 62.4 Å². The SMILES string of the molecule is CC1(C)[C@H](O)C[C@H]2CC[C@H]21. The molecule has 0 aliphatic heterocycles. The van der Waals surface area contributed by atoms with Gasteiger partial charge in [0.2, 0.25) is 0 Å². The first kappa shape index (κ1) is 6.66. The molecular weight excluding hydrogens is 124 g/mol. The van der Waals surface area contributed by atoms with Gasteiger partial charge in [0, 0.05) is 0 Å². The maximum atomic E-state index is 9.64. The van der Waals surface area contributed by atoms with E-state index in [-0.39, 0.29) is 11.5 Å². The first-order valence-electron chi connectivity index (χ1n) is 4.30. The maximum absolute atomic E-state index is 9.64. The van der Waals surface area contributed by atoms with E-state index in [2.05, 4.69) is 13.8 Å². The molecule has 0 spiro atoms. The highest BCUT2D eigenvalue weighted by Gasteiger charge is 2.52. The van der Waals surface area contributed by atoms with Crippen molar-refractivity contribution in [1.29, 1.82) is 0 Å². The van der Waals surface area contributed by atoms with Crippen LogP contribution in [0.5, 0.6) is 0 Å². The Morgan fingerprint density at radius 3 is 2.20 bits per heavy atom. The van der Waals surface area contributed by atoms with E-state index < -0.39 is 0 Å². The zero-order valence-electron chi connectivity index (χ0n) is 6.80. The molecule has 1 N–H and O–H groups in total. The second-order valence-electron chi connectivity index (χ2n) is 4.52. The van der Waals surface area contributed by atoms with Gasteiger partial charge in [0.05, 0.1) is 6.10 Å². The van der Waals surface area contributed by atoms with Gasteiger partial charge < -0.3 is 5.11 Å². The Kier molecular flexibility index (Phi) is 1.17. The Hall–Kier alpha value is -0.0400. The van der Waals surface area contributed by atoms with Crippen LogP contribution in [0.25, 0.3) is 0 Å². The highest BCUT2D eigenvalue weighted by atomic mass is 16.3. The van der Waals surface area contributed by atoms with Gasteiger partial charge in [-0.05, 0) is 36.5 Å². The van der Waals surface area contributed by atoms with E-state index in [9.17, 15) is 5.11 Å². The van der Waals surface area contributed by atoms with Crippen LogP contribution in [0.1, 0.15) is 33.1 Å². The van der Waals surface area contributed by atoms with E-state index in [0.717, 1.165) is 18.3 Å². The topological polar surface area (TPSA) is 20.2 Å². The molecule has 0 heterocycles. The summed E-state index contributed by atoms with van der Waals surface area (Å²) in [5.74, 6) is 1.70. The van der Waals surface area contributed by atoms with Gasteiger partial charge in [0.25, 0.3) is 0 Å². The van der Waals surface area contributed by atoms with Gasteiger partial charge in [0.1, 0.15) is 0 Å². The molecule has 0 saturated heterocycles. The molecule has 10 heavy (non-hydrogen) atoms. The van der Waals surface area contributed by atoms with E-state index in [0.29, 0.717) is 0 Å². The standard InChI is InChI=1S/C9H16O/c1-9(2)7-4-3-6(7)5-8(9)10/h6-8,10H,3-5H2,1-2H3/t6-,7-,8-/m1/s1. The molecule has 0 aromatic heterocycles. The Balaban J connectivity index is 2.19. The lowest BCUT2D eigenvalue weighted by Crippen LogP contribution is -2.33. The summed E-state index contributed by atoms with van der Waals surface area (Å²) in [5.41, 5.74) is 0.225. The summed E-state index contributed by atoms with van der Waals surface area (Å²) in [6.07, 6.45) is 3.77. The third-order valence-corrected chi connectivity index (χ3v) is 3.76. The quantitative estimate of drug-likeness (QED) is 0.544. The van der Waals surface area contributed by atoms with Crippen molar-refractivity contribution < 1.29 is 5.11 Å². The van der Waals surface area contributed by atoms with Gasteiger partial charge >= 0.3 is 0 Å². The van der Waals surface area contributed by atoms with Gasteiger partial charge in [0.15, 0.2) is 0 Å². The second kappa shape index (κ2) is 1.76. The number of hydrogen-bond donors (Lipinski definition) is 1. The van der Waals surface area contributed by atoms with Crippen molar-refractivity contribution in [3.63, 3.8) is 0 Å². The fourth-order valence-corrected chi connectivity index (χ4v) is 2.67. The van der Waals surface area contributed by atoms with Crippen LogP contribution in [-0.2, 0) is 0 Å². The summed E-state index contributed by atoms with van der Waals surface area (Å²) >= 11 is 0. The Morgan fingerprint density at radius 1 is 1.30 bits per heavy atom. The molecule has 0 radical (unpaired) electrons. The van der Waals surface area contributed by atoms with Crippen molar-refractivity contribution in [2.75, 3.05) is 0 Å². The van der Waals surface area contributed by atoms with Gasteiger partial charge in [-0.25, -0.2) is 0 Å². The molecule has 1 nitrogen and oxygen atoms in total. The zero-order valence-corrected chi connectivity index (χ0v) is 6.80. The molecule has 0 unspecified atom stereocenters. The largest absolute Gasteiger partial charge is 0.393 e. The Morgan fingerprint density at radius 2 is 2.00 bits per heavy atom. The smallest absolute Gasteiger partial charge is 0.0596 e. The van der Waals surface area contributed by atoms with Crippen LogP contribution in [0.2, 0.25) is 0 Å². The molecule has 2 fully saturated rings. The van der Waals surface area contributed by atoms with Gasteiger partial charge in [-0.1, -0.05) is 13.8 Å². The molecule has 2 rings (SSSR count). The van der Waals surface area contributed by atoms with Crippen LogP contribution in [0.15, 0.2) is 0 Å². The first-order chi connectivity index (χ1) is 4.62. The average Bonchev–Trinajstić information content (AvgIpc) is 1.88. The second-order valence-corrected chi connectivity index (χ2v) is 4.52. The van der Waals surface area contributed by atoms with Crippen molar-refractivity contribution in [1.82, 2.24) is 0 Å². The number of hydrogen-bond acceptors (Lipinski definition) is 1. The zero-order chi connectivity index (χ0) is 7.35. The van der Waals surface area contributed by atoms with Crippen molar-refractivity contribution in [3.05, 3.63) is 0 Å². The third-order valence-electron chi connectivity index (χ3n) is 3.76. The minimum atomic E-state index is -0.0231. The predicted molar refractivity (Wildman–Crippen MR) is 40.6 cm³/mol. The molecule has 0 amide bonds. The minimum absolute atomic E-state index is 0.0231. The molecule has 2 saturated carbocycles. The predicted octanol–water partition coefficient (Wildman–Crippen LogP) is 1.80. The van der Waals surface area contributed by atoms with E-state index in [1.165, 1.54) is 12.8 Å². The van der Waals surface area contributed by atoms with Gasteiger partial charge in [-0.2, -0.15) is 0 Å². The molecule has 2 aliphatic rings. The number of fused-ring (bicyclic) bond motifs is 1. The lowest BCUT2D eigenvalue weighted by atomic mass is 9.67. The van der Waals surface area contributed by atoms with E-state index >= 15 is 0 Å². The third kappa shape index (κ3) is 0.619. The van der Waals surface area contributed by atoms with Gasteiger partial charge in [-0.15, -0.1) is 0 Å². The lowest BCUT2D eigenvalue weighted by molar-refractivity contribution is 0.0360. The van der Waals surface area contributed by atoms with Crippen LogP contribution < -0.4 is 0 Å². The highest BCUT2D eigenvalue weighted by Crippen LogP contribution is 2.56. The molecule has 1 heteroatoms. The van der Waals surface area contributed by atoms with Crippen molar-refractivity contribution in [3.8, 4) is 0 Å². The normalized spacial score (nSPS) is 50.1. The van der Waals surface area contributed by atoms with Gasteiger partial charge in [-0.3, -0.25) is 0 Å². The molecule has 58 valence electrons. The van der Waals surface area contributed by atoms with Crippen LogP contribution in [0.3, 0.4) is 0 Å². The summed E-state index contributed by atoms with van der Waals surface area (Å²) in [5, 5.41) is 9.64. The molecule has 0 bridgehead atoms. The highest BCUT2D eigenvalue weighted by molar-refractivity contribution is 5.02. The molecule has 0 aromatic carbocycles. The first-order valence-corrected chi connectivity index (χ1v) is 4.30. The van der Waals surface area contributed by atoms with Crippen molar-refractivity contribution in [2.45, 2.75) is 39.2 Å².